The van der Waals surface area contributed by atoms with E-state index in [1.54, 1.807) is 0 Å². The summed E-state index contributed by atoms with van der Waals surface area (Å²) < 4.78 is 2.36. The van der Waals surface area contributed by atoms with Crippen LogP contribution in [0, 0.1) is 11.8 Å². The smallest absolute Gasteiger partial charge is 0.0903 e. The molecule has 0 radical (unpaired) electrons. The lowest BCUT2D eigenvalue weighted by molar-refractivity contribution is 0.0345. The zero-order valence-corrected chi connectivity index (χ0v) is 11.3. The standard InChI is InChI=1S/C13H16INO/c14-15-8-10-6-13(16,7-11(10)9-15)12-4-2-1-3-5-12/h1-5,10-11,16H,6-9H2/t10-,11+,13+. The minimum atomic E-state index is -0.561. The van der Waals surface area contributed by atoms with Crippen LogP contribution >= 0.6 is 22.9 Å². The summed E-state index contributed by atoms with van der Waals surface area (Å²) in [5.74, 6) is 1.37. The molecule has 1 heterocycles. The number of hydrogen-bond donors (Lipinski definition) is 1. The quantitative estimate of drug-likeness (QED) is 0.632. The molecule has 0 spiro atoms. The largest absolute Gasteiger partial charge is 0.385 e. The van der Waals surface area contributed by atoms with Gasteiger partial charge in [0, 0.05) is 36.0 Å². The van der Waals surface area contributed by atoms with Gasteiger partial charge in [-0.05, 0) is 30.2 Å². The summed E-state index contributed by atoms with van der Waals surface area (Å²) in [5.41, 5.74) is 0.540. The average molecular weight is 329 g/mol. The van der Waals surface area contributed by atoms with Crippen molar-refractivity contribution in [1.82, 2.24) is 3.11 Å². The van der Waals surface area contributed by atoms with Crippen LogP contribution in [0.2, 0.25) is 0 Å². The molecular formula is C13H16INO. The number of aliphatic hydroxyl groups is 1. The minimum Gasteiger partial charge on any atom is -0.385 e. The summed E-state index contributed by atoms with van der Waals surface area (Å²) in [7, 11) is 0. The highest BCUT2D eigenvalue weighted by Crippen LogP contribution is 2.49. The van der Waals surface area contributed by atoms with Gasteiger partial charge in [0.25, 0.3) is 0 Å². The van der Waals surface area contributed by atoms with E-state index in [-0.39, 0.29) is 0 Å². The second kappa shape index (κ2) is 3.96. The molecule has 2 fully saturated rings. The summed E-state index contributed by atoms with van der Waals surface area (Å²) in [6, 6.07) is 10.2. The predicted molar refractivity (Wildman–Crippen MR) is 72.1 cm³/mol. The van der Waals surface area contributed by atoms with Gasteiger partial charge in [0.2, 0.25) is 0 Å². The van der Waals surface area contributed by atoms with Crippen LogP contribution in [0.1, 0.15) is 18.4 Å². The first-order chi connectivity index (χ1) is 7.67. The van der Waals surface area contributed by atoms with Crippen molar-refractivity contribution < 1.29 is 5.11 Å². The van der Waals surface area contributed by atoms with Gasteiger partial charge in [0.05, 0.1) is 5.60 Å². The van der Waals surface area contributed by atoms with Crippen LogP contribution in [0.4, 0.5) is 0 Å². The predicted octanol–water partition coefficient (Wildman–Crippen LogP) is 2.57. The number of hydrogen-bond acceptors (Lipinski definition) is 2. The Hall–Kier alpha value is -0.130. The maximum absolute atomic E-state index is 10.7. The van der Waals surface area contributed by atoms with Gasteiger partial charge in [-0.1, -0.05) is 30.3 Å². The molecule has 1 aromatic rings. The maximum atomic E-state index is 10.7. The molecule has 1 saturated heterocycles. The Bertz CT molecular complexity index is 367. The molecule has 3 atom stereocenters. The van der Waals surface area contributed by atoms with E-state index >= 15 is 0 Å². The van der Waals surface area contributed by atoms with E-state index in [4.69, 9.17) is 0 Å². The van der Waals surface area contributed by atoms with Gasteiger partial charge in [0.1, 0.15) is 0 Å². The topological polar surface area (TPSA) is 23.5 Å². The SMILES string of the molecule is O[C@]1(c2ccccc2)C[C@H]2CN(I)C[C@H]2C1. The number of halogens is 1. The fourth-order valence-corrected chi connectivity index (χ4v) is 4.29. The van der Waals surface area contributed by atoms with Gasteiger partial charge in [0.15, 0.2) is 0 Å². The first kappa shape index (κ1) is 11.0. The van der Waals surface area contributed by atoms with E-state index in [2.05, 4.69) is 38.1 Å². The van der Waals surface area contributed by atoms with Crippen LogP contribution in [0.25, 0.3) is 0 Å². The zero-order valence-electron chi connectivity index (χ0n) is 9.14. The molecule has 1 saturated carbocycles. The lowest BCUT2D eigenvalue weighted by Crippen LogP contribution is -2.24. The third-order valence-corrected chi connectivity index (χ3v) is 4.83. The van der Waals surface area contributed by atoms with E-state index in [1.807, 2.05) is 18.2 Å². The monoisotopic (exact) mass is 329 g/mol. The van der Waals surface area contributed by atoms with Crippen molar-refractivity contribution in [1.29, 1.82) is 0 Å². The summed E-state index contributed by atoms with van der Waals surface area (Å²) in [5, 5.41) is 10.7. The summed E-state index contributed by atoms with van der Waals surface area (Å²) >= 11 is 2.40. The molecule has 0 bridgehead atoms. The van der Waals surface area contributed by atoms with Gasteiger partial charge < -0.3 is 5.11 Å². The summed E-state index contributed by atoms with van der Waals surface area (Å²) in [6.45, 7) is 2.28. The Labute approximate surface area is 110 Å². The Balaban J connectivity index is 1.83. The van der Waals surface area contributed by atoms with Gasteiger partial charge in [-0.25, -0.2) is 3.11 Å². The van der Waals surface area contributed by atoms with Crippen LogP contribution in [-0.4, -0.2) is 21.3 Å². The number of rotatable bonds is 1. The van der Waals surface area contributed by atoms with Crippen LogP contribution in [0.15, 0.2) is 30.3 Å². The highest BCUT2D eigenvalue weighted by Gasteiger charge is 2.48. The van der Waals surface area contributed by atoms with Crippen molar-refractivity contribution >= 4 is 22.9 Å². The van der Waals surface area contributed by atoms with Crippen molar-refractivity contribution in [3.63, 3.8) is 0 Å². The summed E-state index contributed by atoms with van der Waals surface area (Å²) in [4.78, 5) is 0. The van der Waals surface area contributed by atoms with Crippen molar-refractivity contribution in [2.75, 3.05) is 13.1 Å². The molecule has 2 aliphatic rings. The molecule has 2 nitrogen and oxygen atoms in total. The van der Waals surface area contributed by atoms with Gasteiger partial charge >= 0.3 is 0 Å². The fourth-order valence-electron chi connectivity index (χ4n) is 3.28. The molecular weight excluding hydrogens is 313 g/mol. The molecule has 0 unspecified atom stereocenters. The molecule has 1 N–H and O–H groups in total. The molecule has 3 rings (SSSR count). The van der Waals surface area contributed by atoms with Gasteiger partial charge in [-0.2, -0.15) is 0 Å². The van der Waals surface area contributed by atoms with Gasteiger partial charge in [-0.3, -0.25) is 0 Å². The highest BCUT2D eigenvalue weighted by molar-refractivity contribution is 14.1. The van der Waals surface area contributed by atoms with Crippen molar-refractivity contribution in [3.05, 3.63) is 35.9 Å². The second-order valence-corrected chi connectivity index (χ2v) is 6.52. The normalized spacial score (nSPS) is 38.9. The van der Waals surface area contributed by atoms with Crippen molar-refractivity contribution in [2.45, 2.75) is 18.4 Å². The number of benzene rings is 1. The van der Waals surface area contributed by atoms with Crippen molar-refractivity contribution in [2.24, 2.45) is 11.8 Å². The third-order valence-electron chi connectivity index (χ3n) is 4.04. The highest BCUT2D eigenvalue weighted by atomic mass is 127. The molecule has 3 heteroatoms. The van der Waals surface area contributed by atoms with Crippen LogP contribution < -0.4 is 0 Å². The van der Waals surface area contributed by atoms with E-state index < -0.39 is 5.60 Å². The lowest BCUT2D eigenvalue weighted by Gasteiger charge is -2.25. The zero-order chi connectivity index (χ0) is 11.2. The molecule has 1 aliphatic heterocycles. The molecule has 0 aromatic heterocycles. The average Bonchev–Trinajstić information content (AvgIpc) is 2.73. The molecule has 86 valence electrons. The number of fused-ring (bicyclic) bond motifs is 1. The Morgan fingerprint density at radius 1 is 1.12 bits per heavy atom. The Morgan fingerprint density at radius 2 is 1.69 bits per heavy atom. The molecule has 16 heavy (non-hydrogen) atoms. The van der Waals surface area contributed by atoms with Gasteiger partial charge in [-0.15, -0.1) is 0 Å². The lowest BCUT2D eigenvalue weighted by atomic mass is 9.91. The third kappa shape index (κ3) is 1.79. The Morgan fingerprint density at radius 3 is 2.25 bits per heavy atom. The Kier molecular flexibility index (Phi) is 2.72. The van der Waals surface area contributed by atoms with E-state index in [1.165, 1.54) is 0 Å². The first-order valence-corrected chi connectivity index (χ1v) is 6.82. The fraction of sp³-hybridized carbons (Fsp3) is 0.538. The van der Waals surface area contributed by atoms with E-state index in [0.29, 0.717) is 11.8 Å². The molecule has 1 aliphatic carbocycles. The van der Waals surface area contributed by atoms with Crippen LogP contribution in [0.5, 0.6) is 0 Å². The molecule has 1 aromatic carbocycles. The first-order valence-electron chi connectivity index (χ1n) is 5.86. The maximum Gasteiger partial charge on any atom is 0.0903 e. The van der Waals surface area contributed by atoms with E-state index in [0.717, 1.165) is 31.5 Å². The van der Waals surface area contributed by atoms with Crippen molar-refractivity contribution in [3.8, 4) is 0 Å². The van der Waals surface area contributed by atoms with E-state index in [9.17, 15) is 5.11 Å². The molecule has 0 amide bonds. The minimum absolute atomic E-state index is 0.561. The van der Waals surface area contributed by atoms with Crippen LogP contribution in [-0.2, 0) is 5.60 Å². The number of nitrogens with zero attached hydrogens (tertiary/aromatic N) is 1. The summed E-state index contributed by atoms with van der Waals surface area (Å²) in [6.07, 6.45) is 1.86. The second-order valence-electron chi connectivity index (χ2n) is 5.15. The van der Waals surface area contributed by atoms with Crippen LogP contribution in [0.3, 0.4) is 0 Å².